The monoisotopic (exact) mass is 706 g/mol. The molecule has 51 heavy (non-hydrogen) atoms. The molecule has 1 saturated carbocycles. The fourth-order valence-electron chi connectivity index (χ4n) is 8.78. The Morgan fingerprint density at radius 1 is 1.02 bits per heavy atom. The number of aromatic nitrogens is 3. The van der Waals surface area contributed by atoms with Crippen molar-refractivity contribution >= 4 is 27.5 Å². The highest BCUT2D eigenvalue weighted by Gasteiger charge is 2.55. The van der Waals surface area contributed by atoms with Gasteiger partial charge in [0.05, 0.1) is 23.7 Å². The van der Waals surface area contributed by atoms with Crippen LogP contribution in [-0.2, 0) is 4.74 Å². The molecular weight excluding hydrogens is 671 g/mol. The van der Waals surface area contributed by atoms with E-state index >= 15 is 4.39 Å². The molecule has 6 heterocycles. The number of terminal acetylenes is 1. The third-order valence-electron chi connectivity index (χ3n) is 11.5. The van der Waals surface area contributed by atoms with Crippen LogP contribution in [0.15, 0.2) is 30.5 Å². The quantitative estimate of drug-likeness (QED) is 0.175. The van der Waals surface area contributed by atoms with Crippen LogP contribution in [-0.4, -0.2) is 99.8 Å². The van der Waals surface area contributed by atoms with E-state index in [1.807, 2.05) is 0 Å². The van der Waals surface area contributed by atoms with Gasteiger partial charge in [0.1, 0.15) is 28.6 Å². The second-order valence-corrected chi connectivity index (χ2v) is 14.8. The van der Waals surface area contributed by atoms with Crippen LogP contribution in [0.5, 0.6) is 11.8 Å². The van der Waals surface area contributed by atoms with E-state index in [1.165, 1.54) is 30.5 Å². The van der Waals surface area contributed by atoms with Gasteiger partial charge in [0.2, 0.25) is 0 Å². The molecule has 9 nitrogen and oxygen atoms in total. The van der Waals surface area contributed by atoms with Gasteiger partial charge in [0.25, 0.3) is 0 Å². The molecule has 0 amide bonds. The molecule has 14 heteroatoms. The number of anilines is 1. The fraction of sp³-hybridized carbons (Fsp3) is 0.486. The molecule has 1 aliphatic carbocycles. The SMILES string of the molecule is C#Cc1c(F)ccc2cc(O)cc(-c3ncc4c(N5CC6CC7CC(C5)N76)nc(OCC5(CN6CCC(OC(F)(F)F)CC6)CC5)nc4c3F)c12. The maximum Gasteiger partial charge on any atom is 0.522 e. The Bertz CT molecular complexity index is 2080. The second-order valence-electron chi connectivity index (χ2n) is 14.8. The average molecular weight is 707 g/mol. The maximum absolute atomic E-state index is 16.9. The number of piperazine rings is 1. The summed E-state index contributed by atoms with van der Waals surface area (Å²) in [7, 11) is 0. The first kappa shape index (κ1) is 32.6. The summed E-state index contributed by atoms with van der Waals surface area (Å²) < 4.78 is 80.4. The summed E-state index contributed by atoms with van der Waals surface area (Å²) in [6, 6.07) is 6.87. The molecule has 2 aromatic carbocycles. The number of hydrogen-bond acceptors (Lipinski definition) is 9. The second kappa shape index (κ2) is 11.9. The van der Waals surface area contributed by atoms with Gasteiger partial charge in [-0.15, -0.1) is 19.6 Å². The van der Waals surface area contributed by atoms with E-state index < -0.39 is 24.1 Å². The molecule has 0 radical (unpaired) electrons. The van der Waals surface area contributed by atoms with Gasteiger partial charge in [-0.05, 0) is 62.1 Å². The molecule has 4 aromatic rings. The van der Waals surface area contributed by atoms with Crippen LogP contribution >= 0.6 is 0 Å². The lowest BCUT2D eigenvalue weighted by atomic mass is 9.74. The zero-order chi connectivity index (χ0) is 35.2. The van der Waals surface area contributed by atoms with Crippen molar-refractivity contribution in [2.24, 2.45) is 5.41 Å². The minimum Gasteiger partial charge on any atom is -0.508 e. The van der Waals surface area contributed by atoms with Crippen molar-refractivity contribution in [3.63, 3.8) is 0 Å². The normalized spacial score (nSPS) is 24.5. The van der Waals surface area contributed by atoms with E-state index in [-0.39, 0.29) is 51.5 Å². The number of rotatable bonds is 8. The van der Waals surface area contributed by atoms with Crippen molar-refractivity contribution in [1.29, 1.82) is 0 Å². The Morgan fingerprint density at radius 2 is 1.76 bits per heavy atom. The highest BCUT2D eigenvalue weighted by atomic mass is 19.4. The smallest absolute Gasteiger partial charge is 0.508 e. The predicted molar refractivity (Wildman–Crippen MR) is 178 cm³/mol. The highest BCUT2D eigenvalue weighted by Crippen LogP contribution is 2.48. The van der Waals surface area contributed by atoms with E-state index in [0.29, 0.717) is 67.2 Å². The molecule has 2 unspecified atom stereocenters. The number of aromatic hydroxyl groups is 1. The number of likely N-dealkylation sites (tertiary alicyclic amines) is 1. The van der Waals surface area contributed by atoms with Crippen LogP contribution in [0.1, 0.15) is 44.1 Å². The topological polar surface area (TPSA) is 87.1 Å². The molecule has 5 fully saturated rings. The van der Waals surface area contributed by atoms with Crippen molar-refractivity contribution < 1.29 is 36.5 Å². The number of alkyl halides is 3. The van der Waals surface area contributed by atoms with E-state index in [9.17, 15) is 22.7 Å². The molecule has 1 N–H and O–H groups in total. The van der Waals surface area contributed by atoms with Crippen molar-refractivity contribution in [1.82, 2.24) is 24.8 Å². The summed E-state index contributed by atoms with van der Waals surface area (Å²) in [6.45, 7) is 3.34. The van der Waals surface area contributed by atoms with Gasteiger partial charge in [-0.1, -0.05) is 12.0 Å². The van der Waals surface area contributed by atoms with E-state index in [2.05, 4.69) is 35.3 Å². The lowest BCUT2D eigenvalue weighted by molar-refractivity contribution is -0.345. The lowest BCUT2D eigenvalue weighted by Gasteiger charge is -2.66. The van der Waals surface area contributed by atoms with Gasteiger partial charge in [-0.3, -0.25) is 14.6 Å². The van der Waals surface area contributed by atoms with E-state index in [0.717, 1.165) is 38.8 Å². The average Bonchev–Trinajstić information content (AvgIpc) is 3.84. The minimum atomic E-state index is -4.64. The van der Waals surface area contributed by atoms with Crippen molar-refractivity contribution in [2.45, 2.75) is 69.1 Å². The maximum atomic E-state index is 16.9. The zero-order valence-corrected chi connectivity index (χ0v) is 27.6. The summed E-state index contributed by atoms with van der Waals surface area (Å²) >= 11 is 0. The van der Waals surface area contributed by atoms with Crippen LogP contribution in [0, 0.1) is 29.4 Å². The third-order valence-corrected chi connectivity index (χ3v) is 11.5. The Balaban J connectivity index is 1.05. The van der Waals surface area contributed by atoms with Crippen LogP contribution in [0.3, 0.4) is 0 Å². The summed E-state index contributed by atoms with van der Waals surface area (Å²) in [4.78, 5) is 20.8. The number of phenols is 1. The minimum absolute atomic E-state index is 0.00996. The number of benzene rings is 2. The first-order chi connectivity index (χ1) is 24.5. The van der Waals surface area contributed by atoms with E-state index in [4.69, 9.17) is 16.1 Å². The molecule has 2 aromatic heterocycles. The summed E-state index contributed by atoms with van der Waals surface area (Å²) in [5.74, 6) is 1.29. The number of phenolic OH excluding ortho intramolecular Hbond substituents is 1. The molecule has 4 aliphatic heterocycles. The van der Waals surface area contributed by atoms with Crippen molar-refractivity contribution in [3.8, 4) is 35.4 Å². The van der Waals surface area contributed by atoms with E-state index in [1.54, 1.807) is 0 Å². The van der Waals surface area contributed by atoms with Gasteiger partial charge in [0.15, 0.2) is 5.82 Å². The largest absolute Gasteiger partial charge is 0.522 e. The molecule has 2 atom stereocenters. The van der Waals surface area contributed by atoms with Crippen LogP contribution < -0.4 is 9.64 Å². The Morgan fingerprint density at radius 3 is 2.43 bits per heavy atom. The fourth-order valence-corrected chi connectivity index (χ4v) is 8.78. The Kier molecular flexibility index (Phi) is 7.58. The number of piperidine rings is 2. The van der Waals surface area contributed by atoms with Crippen LogP contribution in [0.2, 0.25) is 0 Å². The lowest BCUT2D eigenvalue weighted by Crippen LogP contribution is -2.77. The molecular formula is C37H35F5N6O3. The van der Waals surface area contributed by atoms with Gasteiger partial charge >= 0.3 is 12.4 Å². The molecule has 9 rings (SSSR count). The Labute approximate surface area is 290 Å². The standard InChI is InChI=1S/C37H35F5N6O3/c1-2-26-29(38)4-3-20-11-24(49)14-27(30(20)26)32-31(39)33-28(15-43-32)34(47-16-22-12-21-13-23(17-47)48(21)22)45-35(44-33)50-19-36(7-8-36)18-46-9-5-25(6-10-46)51-37(40,41)42/h1,3-4,11,14-15,21-23,25,49H,5-10,12-13,16-19H2. The van der Waals surface area contributed by atoms with Crippen molar-refractivity contribution in [2.75, 3.05) is 44.2 Å². The molecule has 266 valence electrons. The van der Waals surface area contributed by atoms with Gasteiger partial charge in [-0.25, -0.2) is 8.78 Å². The number of fused-ring (bicyclic) bond motifs is 2. The summed E-state index contributed by atoms with van der Waals surface area (Å²) in [6.07, 6.45) is 6.28. The van der Waals surface area contributed by atoms with Gasteiger partial charge in [-0.2, -0.15) is 9.97 Å². The van der Waals surface area contributed by atoms with Crippen molar-refractivity contribution in [3.05, 3.63) is 47.7 Å². The van der Waals surface area contributed by atoms with Crippen LogP contribution in [0.4, 0.5) is 27.8 Å². The first-order valence-corrected chi connectivity index (χ1v) is 17.4. The number of ether oxygens (including phenoxy) is 2. The number of halogens is 5. The molecule has 0 bridgehead atoms. The zero-order valence-electron chi connectivity index (χ0n) is 27.6. The molecule has 4 saturated heterocycles. The summed E-state index contributed by atoms with van der Waals surface area (Å²) in [5, 5.41) is 11.7. The van der Waals surface area contributed by atoms with Gasteiger partial charge < -0.3 is 19.6 Å². The number of nitrogens with zero attached hydrogens (tertiary/aromatic N) is 6. The van der Waals surface area contributed by atoms with Gasteiger partial charge in [0, 0.05) is 73.4 Å². The highest BCUT2D eigenvalue weighted by molar-refractivity contribution is 6.03. The molecule has 0 spiro atoms. The first-order valence-electron chi connectivity index (χ1n) is 17.4. The predicted octanol–water partition coefficient (Wildman–Crippen LogP) is 6.01. The Hall–Kier alpha value is -4.32. The van der Waals surface area contributed by atoms with Crippen LogP contribution in [0.25, 0.3) is 32.9 Å². The summed E-state index contributed by atoms with van der Waals surface area (Å²) in [5.41, 5.74) is -0.325. The third kappa shape index (κ3) is 5.79. The molecule has 5 aliphatic rings. The number of hydrogen-bond donors (Lipinski definition) is 1. The number of pyridine rings is 1.